The zero-order valence-corrected chi connectivity index (χ0v) is 9.57. The maximum Gasteiger partial charge on any atom is 0.416 e. The number of ether oxygens (including phenoxy) is 1. The van der Waals surface area contributed by atoms with Crippen LogP contribution in [0.25, 0.3) is 0 Å². The summed E-state index contributed by atoms with van der Waals surface area (Å²) in [5.41, 5.74) is -0.276. The number of hydrogen-bond acceptors (Lipinski definition) is 2. The van der Waals surface area contributed by atoms with Crippen molar-refractivity contribution in [3.63, 3.8) is 0 Å². The molecule has 1 saturated heterocycles. The van der Waals surface area contributed by atoms with Gasteiger partial charge >= 0.3 is 6.18 Å². The molecular formula is C13H12F3NO. The van der Waals surface area contributed by atoms with Gasteiger partial charge in [0.05, 0.1) is 23.7 Å². The van der Waals surface area contributed by atoms with E-state index >= 15 is 0 Å². The van der Waals surface area contributed by atoms with Gasteiger partial charge in [-0.3, -0.25) is 0 Å². The topological polar surface area (TPSA) is 33.0 Å². The zero-order valence-electron chi connectivity index (χ0n) is 9.57. The van der Waals surface area contributed by atoms with Crippen molar-refractivity contribution < 1.29 is 17.9 Å². The molecule has 2 nitrogen and oxygen atoms in total. The molecule has 0 saturated carbocycles. The Morgan fingerprint density at radius 2 is 2.11 bits per heavy atom. The number of nitrogens with zero attached hydrogens (tertiary/aromatic N) is 1. The van der Waals surface area contributed by atoms with Crippen LogP contribution in [0.15, 0.2) is 24.3 Å². The number of benzene rings is 1. The van der Waals surface area contributed by atoms with Crippen LogP contribution in [-0.4, -0.2) is 6.61 Å². The molecule has 0 aromatic heterocycles. The van der Waals surface area contributed by atoms with E-state index in [0.717, 1.165) is 18.6 Å². The van der Waals surface area contributed by atoms with Crippen LogP contribution in [0.3, 0.4) is 0 Å². The van der Waals surface area contributed by atoms with Crippen molar-refractivity contribution in [2.24, 2.45) is 5.92 Å². The minimum atomic E-state index is -4.37. The average molecular weight is 255 g/mol. The van der Waals surface area contributed by atoms with Crippen LogP contribution in [0.2, 0.25) is 0 Å². The lowest BCUT2D eigenvalue weighted by molar-refractivity contribution is -0.137. The lowest BCUT2D eigenvalue weighted by atomic mass is 9.90. The summed E-state index contributed by atoms with van der Waals surface area (Å²) in [4.78, 5) is 0. The van der Waals surface area contributed by atoms with E-state index in [1.807, 2.05) is 0 Å². The summed E-state index contributed by atoms with van der Waals surface area (Å²) < 4.78 is 43.3. The summed E-state index contributed by atoms with van der Waals surface area (Å²) in [6.07, 6.45) is -3.48. The number of rotatable bonds is 1. The van der Waals surface area contributed by atoms with Crippen LogP contribution in [-0.2, 0) is 10.9 Å². The van der Waals surface area contributed by atoms with Gasteiger partial charge < -0.3 is 4.74 Å². The Morgan fingerprint density at radius 1 is 1.33 bits per heavy atom. The molecule has 1 aromatic carbocycles. The quantitative estimate of drug-likeness (QED) is 0.766. The SMILES string of the molecule is N#CC1CCCOC1c1cccc(C(F)(F)F)c1. The lowest BCUT2D eigenvalue weighted by Crippen LogP contribution is -2.21. The molecule has 0 bridgehead atoms. The number of alkyl halides is 3. The van der Waals surface area contributed by atoms with Crippen molar-refractivity contribution in [3.8, 4) is 6.07 Å². The first kappa shape index (κ1) is 12.9. The second-order valence-corrected chi connectivity index (χ2v) is 4.29. The normalized spacial score (nSPS) is 24.6. The molecule has 2 unspecified atom stereocenters. The summed E-state index contributed by atoms with van der Waals surface area (Å²) in [7, 11) is 0. The summed E-state index contributed by atoms with van der Waals surface area (Å²) >= 11 is 0. The van der Waals surface area contributed by atoms with Crippen LogP contribution < -0.4 is 0 Å². The number of hydrogen-bond donors (Lipinski definition) is 0. The highest BCUT2D eigenvalue weighted by atomic mass is 19.4. The van der Waals surface area contributed by atoms with Gasteiger partial charge in [0.2, 0.25) is 0 Å². The average Bonchev–Trinajstić information content (AvgIpc) is 2.38. The lowest BCUT2D eigenvalue weighted by Gasteiger charge is -2.28. The minimum absolute atomic E-state index is 0.373. The molecule has 1 heterocycles. The molecule has 96 valence electrons. The second kappa shape index (κ2) is 4.99. The number of halogens is 3. The standard InChI is InChI=1S/C13H12F3NO/c14-13(15,16)11-5-1-3-9(7-11)12-10(8-17)4-2-6-18-12/h1,3,5,7,10,12H,2,4,6H2. The predicted molar refractivity (Wildman–Crippen MR) is 58.5 cm³/mol. The summed E-state index contributed by atoms with van der Waals surface area (Å²) in [5, 5.41) is 9.00. The molecule has 5 heteroatoms. The van der Waals surface area contributed by atoms with E-state index in [2.05, 4.69) is 6.07 Å². The van der Waals surface area contributed by atoms with Crippen molar-refractivity contribution in [1.82, 2.24) is 0 Å². The number of nitriles is 1. The van der Waals surface area contributed by atoms with Crippen LogP contribution >= 0.6 is 0 Å². The molecule has 1 aliphatic heterocycles. The first-order chi connectivity index (χ1) is 8.52. The van der Waals surface area contributed by atoms with Gasteiger partial charge in [-0.25, -0.2) is 0 Å². The van der Waals surface area contributed by atoms with Crippen molar-refractivity contribution in [2.75, 3.05) is 6.61 Å². The first-order valence-corrected chi connectivity index (χ1v) is 5.71. The van der Waals surface area contributed by atoms with E-state index in [-0.39, 0.29) is 5.92 Å². The molecule has 0 radical (unpaired) electrons. The van der Waals surface area contributed by atoms with Gasteiger partial charge in [0.25, 0.3) is 0 Å². The van der Waals surface area contributed by atoms with Gasteiger partial charge in [0, 0.05) is 6.61 Å². The van der Waals surface area contributed by atoms with E-state index in [4.69, 9.17) is 10.00 Å². The second-order valence-electron chi connectivity index (χ2n) is 4.29. The fourth-order valence-corrected chi connectivity index (χ4v) is 2.13. The highest BCUT2D eigenvalue weighted by Crippen LogP contribution is 2.36. The fourth-order valence-electron chi connectivity index (χ4n) is 2.13. The van der Waals surface area contributed by atoms with Crippen molar-refractivity contribution in [2.45, 2.75) is 25.1 Å². The third-order valence-electron chi connectivity index (χ3n) is 3.03. The molecule has 18 heavy (non-hydrogen) atoms. The fraction of sp³-hybridized carbons (Fsp3) is 0.462. The third-order valence-corrected chi connectivity index (χ3v) is 3.03. The smallest absolute Gasteiger partial charge is 0.372 e. The first-order valence-electron chi connectivity index (χ1n) is 5.71. The molecule has 2 atom stereocenters. The molecule has 0 amide bonds. The van der Waals surface area contributed by atoms with Gasteiger partial charge in [-0.2, -0.15) is 18.4 Å². The zero-order chi connectivity index (χ0) is 13.2. The Morgan fingerprint density at radius 3 is 2.78 bits per heavy atom. The third kappa shape index (κ3) is 2.65. The predicted octanol–water partition coefficient (Wildman–Crippen LogP) is 3.70. The Balaban J connectivity index is 2.30. The highest BCUT2D eigenvalue weighted by Gasteiger charge is 2.33. The maximum absolute atomic E-state index is 12.6. The summed E-state index contributed by atoms with van der Waals surface area (Å²) in [5.74, 6) is -0.373. The van der Waals surface area contributed by atoms with E-state index in [9.17, 15) is 13.2 Å². The van der Waals surface area contributed by atoms with E-state index in [1.54, 1.807) is 6.07 Å². The maximum atomic E-state index is 12.6. The highest BCUT2D eigenvalue weighted by molar-refractivity contribution is 5.28. The molecule has 1 fully saturated rings. The molecule has 0 spiro atoms. The molecule has 2 rings (SSSR count). The van der Waals surface area contributed by atoms with Crippen LogP contribution in [0.4, 0.5) is 13.2 Å². The monoisotopic (exact) mass is 255 g/mol. The minimum Gasteiger partial charge on any atom is -0.372 e. The van der Waals surface area contributed by atoms with Gasteiger partial charge in [-0.1, -0.05) is 12.1 Å². The van der Waals surface area contributed by atoms with E-state index in [0.29, 0.717) is 18.6 Å². The molecule has 0 aliphatic carbocycles. The van der Waals surface area contributed by atoms with E-state index in [1.165, 1.54) is 6.07 Å². The molecule has 1 aliphatic rings. The Kier molecular flexibility index (Phi) is 3.58. The molecular weight excluding hydrogens is 243 g/mol. The van der Waals surface area contributed by atoms with Crippen molar-refractivity contribution in [3.05, 3.63) is 35.4 Å². The molecule has 0 N–H and O–H groups in total. The van der Waals surface area contributed by atoms with E-state index < -0.39 is 17.8 Å². The summed E-state index contributed by atoms with van der Waals surface area (Å²) in [6.45, 7) is 0.485. The molecule has 1 aromatic rings. The Labute approximate surface area is 103 Å². The van der Waals surface area contributed by atoms with Crippen molar-refractivity contribution in [1.29, 1.82) is 5.26 Å². The van der Waals surface area contributed by atoms with Crippen LogP contribution in [0, 0.1) is 17.2 Å². The largest absolute Gasteiger partial charge is 0.416 e. The van der Waals surface area contributed by atoms with Crippen molar-refractivity contribution >= 4 is 0 Å². The van der Waals surface area contributed by atoms with Crippen LogP contribution in [0.5, 0.6) is 0 Å². The Hall–Kier alpha value is -1.54. The van der Waals surface area contributed by atoms with Gasteiger partial charge in [-0.05, 0) is 30.5 Å². The van der Waals surface area contributed by atoms with Crippen LogP contribution in [0.1, 0.15) is 30.1 Å². The van der Waals surface area contributed by atoms with Gasteiger partial charge in [0.1, 0.15) is 0 Å². The Bertz CT molecular complexity index is 464. The van der Waals surface area contributed by atoms with Gasteiger partial charge in [0.15, 0.2) is 0 Å². The van der Waals surface area contributed by atoms with Gasteiger partial charge in [-0.15, -0.1) is 0 Å². The summed E-state index contributed by atoms with van der Waals surface area (Å²) in [6, 6.07) is 7.13.